The molecule has 65 heavy (non-hydrogen) atoms. The van der Waals surface area contributed by atoms with Crippen LogP contribution in [0, 0.1) is 16.6 Å². The molecule has 0 radical (unpaired) electrons. The number of primary amides is 1. The number of halogens is 1. The highest BCUT2D eigenvalue weighted by Crippen LogP contribution is 2.47. The van der Waals surface area contributed by atoms with Gasteiger partial charge in [0.2, 0.25) is 24.6 Å². The normalized spacial score (nSPS) is 20.2. The number of carbonyl (C=O) groups is 5. The zero-order valence-electron chi connectivity index (χ0n) is 39.6. The van der Waals surface area contributed by atoms with E-state index in [0.29, 0.717) is 42.7 Å². The van der Waals surface area contributed by atoms with Crippen LogP contribution in [0.5, 0.6) is 0 Å². The predicted molar refractivity (Wildman–Crippen MR) is 253 cm³/mol. The molecule has 0 aromatic heterocycles. The Balaban J connectivity index is 0.000000431. The number of anilines is 3. The zero-order chi connectivity index (χ0) is 48.1. The fourth-order valence-electron chi connectivity index (χ4n) is 8.92. The maximum absolute atomic E-state index is 14.4. The number of nitrogens with two attached hydrogens (primary N) is 1. The molecule has 6 rings (SSSR count). The number of hydrogen-bond donors (Lipinski definition) is 4. The molecule has 0 saturated carbocycles. The first-order chi connectivity index (χ1) is 30.8. The fraction of sp³-hybridized carbons (Fsp3) is 0.500. The largest absolute Gasteiger partial charge is 0.483 e. The first-order valence-corrected chi connectivity index (χ1v) is 22.3. The minimum Gasteiger partial charge on any atom is -0.483 e. The van der Waals surface area contributed by atoms with E-state index in [2.05, 4.69) is 40.1 Å². The van der Waals surface area contributed by atoms with Crippen molar-refractivity contribution < 1.29 is 37.8 Å². The molecular formula is C50H70FN7O7. The highest BCUT2D eigenvalue weighted by Gasteiger charge is 2.42. The summed E-state index contributed by atoms with van der Waals surface area (Å²) >= 11 is 0. The van der Waals surface area contributed by atoms with Gasteiger partial charge in [-0.3, -0.25) is 24.0 Å². The van der Waals surface area contributed by atoms with E-state index in [1.807, 2.05) is 101 Å². The van der Waals surface area contributed by atoms with Crippen LogP contribution in [0.2, 0.25) is 0 Å². The van der Waals surface area contributed by atoms with E-state index in [4.69, 9.17) is 14.3 Å². The number of methoxy groups -OCH3 is 2. The molecule has 3 heterocycles. The minimum atomic E-state index is -0.607. The van der Waals surface area contributed by atoms with Crippen molar-refractivity contribution in [1.29, 1.82) is 0 Å². The summed E-state index contributed by atoms with van der Waals surface area (Å²) in [6.45, 7) is 19.3. The summed E-state index contributed by atoms with van der Waals surface area (Å²) in [5, 5.41) is 8.78. The van der Waals surface area contributed by atoms with Crippen LogP contribution >= 0.6 is 0 Å². The van der Waals surface area contributed by atoms with Gasteiger partial charge in [-0.2, -0.15) is 0 Å². The number of likely N-dealkylation sites (tertiary alicyclic amines) is 2. The Hall–Kier alpha value is -5.96. The van der Waals surface area contributed by atoms with Gasteiger partial charge in [0.1, 0.15) is 24.0 Å². The van der Waals surface area contributed by atoms with E-state index < -0.39 is 17.5 Å². The molecule has 3 aromatic carbocycles. The van der Waals surface area contributed by atoms with Gasteiger partial charge in [-0.05, 0) is 116 Å². The summed E-state index contributed by atoms with van der Waals surface area (Å²) in [5.74, 6) is -0.241. The molecule has 3 aromatic rings. The summed E-state index contributed by atoms with van der Waals surface area (Å²) < 4.78 is 24.9. The van der Waals surface area contributed by atoms with Crippen molar-refractivity contribution in [2.75, 3.05) is 42.8 Å². The molecule has 3 fully saturated rings. The number of rotatable bonds is 13. The molecule has 3 aliphatic heterocycles. The van der Waals surface area contributed by atoms with Gasteiger partial charge in [0.25, 0.3) is 5.91 Å². The Labute approximate surface area is 384 Å². The maximum atomic E-state index is 14.4. The third-order valence-corrected chi connectivity index (χ3v) is 12.2. The summed E-state index contributed by atoms with van der Waals surface area (Å²) in [6.07, 6.45) is 5.83. The summed E-state index contributed by atoms with van der Waals surface area (Å²) in [5.41, 5.74) is 7.85. The number of ether oxygens (including phenoxy) is 2. The van der Waals surface area contributed by atoms with E-state index in [-0.39, 0.29) is 53.6 Å². The van der Waals surface area contributed by atoms with Gasteiger partial charge >= 0.3 is 0 Å². The average Bonchev–Trinajstić information content (AvgIpc) is 4.04. The second kappa shape index (κ2) is 23.3. The standard InChI is InChI=1S/C37H44FN5O4.C12H23NO2.CH3NO/c1-24(47-5)40-34(37(2,3)4)36(46)42-21-7-10-33(42)35(45)41-29-17-13-26(14-18-29)32-20-19-31(25-11-15-28(16-12-25)39-23-44)43(32)30-9-6-8-27(38)22-30;1-9-7-6-8-13(9)11(14)10(15-5)12(2,3)4;2-1-3/h6,8-9,11-18,22-23,31-34,40H,1,7,10,19-21H2,2-5H3,(H,39,44)(H,41,45);9-10H,6-8H2,1-5H3;1H,(H2,2,3)/t;9-,10-;/m.1./s1. The molecule has 15 heteroatoms. The van der Waals surface area contributed by atoms with Crippen molar-refractivity contribution in [2.24, 2.45) is 16.6 Å². The van der Waals surface area contributed by atoms with Crippen LogP contribution in [-0.4, -0.2) is 91.9 Å². The van der Waals surface area contributed by atoms with Gasteiger partial charge in [0.05, 0.1) is 19.2 Å². The molecule has 0 aliphatic carbocycles. The Bertz CT molecular complexity index is 2070. The van der Waals surface area contributed by atoms with Crippen LogP contribution in [0.25, 0.3) is 0 Å². The molecule has 5 amide bonds. The van der Waals surface area contributed by atoms with Gasteiger partial charge in [-0.25, -0.2) is 4.39 Å². The van der Waals surface area contributed by atoms with Crippen LogP contribution in [-0.2, 0) is 33.4 Å². The number of benzene rings is 3. The van der Waals surface area contributed by atoms with Gasteiger partial charge in [-0.1, -0.05) is 71.9 Å². The lowest BCUT2D eigenvalue weighted by molar-refractivity contribution is -0.149. The minimum absolute atomic E-state index is 0.00446. The van der Waals surface area contributed by atoms with E-state index in [1.165, 1.54) is 13.2 Å². The molecule has 0 bridgehead atoms. The molecule has 6 atom stereocenters. The summed E-state index contributed by atoms with van der Waals surface area (Å²) in [7, 11) is 3.11. The van der Waals surface area contributed by atoms with E-state index in [0.717, 1.165) is 55.5 Å². The van der Waals surface area contributed by atoms with Crippen molar-refractivity contribution in [3.8, 4) is 0 Å². The maximum Gasteiger partial charge on any atom is 0.252 e. The lowest BCUT2D eigenvalue weighted by Gasteiger charge is -2.36. The fourth-order valence-corrected chi connectivity index (χ4v) is 8.92. The van der Waals surface area contributed by atoms with E-state index in [1.54, 1.807) is 24.1 Å². The number of carbonyl (C=O) groups excluding carboxylic acids is 5. The molecule has 3 aliphatic rings. The van der Waals surface area contributed by atoms with Gasteiger partial charge in [-0.15, -0.1) is 0 Å². The van der Waals surface area contributed by atoms with Crippen molar-refractivity contribution >= 4 is 47.6 Å². The molecule has 0 spiro atoms. The molecular weight excluding hydrogens is 830 g/mol. The summed E-state index contributed by atoms with van der Waals surface area (Å²) in [6, 6.07) is 21.3. The Morgan fingerprint density at radius 1 is 0.800 bits per heavy atom. The molecule has 3 saturated heterocycles. The zero-order valence-corrected chi connectivity index (χ0v) is 39.6. The topological polar surface area (TPSA) is 176 Å². The van der Waals surface area contributed by atoms with Crippen LogP contribution in [0.3, 0.4) is 0 Å². The Kier molecular flexibility index (Phi) is 18.5. The van der Waals surface area contributed by atoms with Crippen molar-refractivity contribution in [3.05, 3.63) is 102 Å². The molecule has 354 valence electrons. The lowest BCUT2D eigenvalue weighted by atomic mass is 9.85. The Morgan fingerprint density at radius 3 is 1.83 bits per heavy atom. The second-order valence-corrected chi connectivity index (χ2v) is 18.9. The number of nitrogens with zero attached hydrogens (tertiary/aromatic N) is 3. The first-order valence-electron chi connectivity index (χ1n) is 22.3. The van der Waals surface area contributed by atoms with Gasteiger partial charge in [0, 0.05) is 43.3 Å². The van der Waals surface area contributed by atoms with Crippen LogP contribution in [0.1, 0.15) is 110 Å². The summed E-state index contributed by atoms with van der Waals surface area (Å²) in [4.78, 5) is 64.8. The lowest BCUT2D eigenvalue weighted by Crippen LogP contribution is -2.55. The van der Waals surface area contributed by atoms with Crippen LogP contribution < -0.4 is 26.6 Å². The molecule has 4 unspecified atom stereocenters. The highest BCUT2D eigenvalue weighted by atomic mass is 19.1. The quantitative estimate of drug-likeness (QED) is 0.0991. The molecule has 14 nitrogen and oxygen atoms in total. The van der Waals surface area contributed by atoms with E-state index in [9.17, 15) is 23.6 Å². The Morgan fingerprint density at radius 2 is 1.35 bits per heavy atom. The molecule has 5 N–H and O–H groups in total. The average molecular weight is 900 g/mol. The van der Waals surface area contributed by atoms with Crippen molar-refractivity contribution in [1.82, 2.24) is 15.1 Å². The third kappa shape index (κ3) is 13.5. The van der Waals surface area contributed by atoms with Gasteiger partial charge in [0.15, 0.2) is 5.88 Å². The highest BCUT2D eigenvalue weighted by molar-refractivity contribution is 5.98. The first kappa shape index (κ1) is 51.7. The monoisotopic (exact) mass is 900 g/mol. The smallest absolute Gasteiger partial charge is 0.252 e. The van der Waals surface area contributed by atoms with Crippen LogP contribution in [0.4, 0.5) is 21.5 Å². The predicted octanol–water partition coefficient (Wildman–Crippen LogP) is 7.69. The van der Waals surface area contributed by atoms with Crippen molar-refractivity contribution in [3.63, 3.8) is 0 Å². The second-order valence-electron chi connectivity index (χ2n) is 18.9. The number of nitrogens with one attached hydrogen (secondary N) is 3. The van der Waals surface area contributed by atoms with Gasteiger partial charge < -0.3 is 45.9 Å². The number of hydrogen-bond acceptors (Lipinski definition) is 9. The van der Waals surface area contributed by atoms with E-state index >= 15 is 0 Å². The SMILES string of the molecule is C=C(NC(C(=O)N1CCCC1C(=O)Nc1ccc(C2CCC(c3ccc(NC=O)cc3)N2c2cccc(F)c2)cc1)C(C)(C)C)OC.CO[C@H](C(=O)N1CCC[C@H]1C)C(C)(C)C.NC=O. The van der Waals surface area contributed by atoms with Crippen LogP contribution in [0.15, 0.2) is 85.3 Å². The van der Waals surface area contributed by atoms with Crippen molar-refractivity contribution in [2.45, 2.75) is 123 Å². The third-order valence-electron chi connectivity index (χ3n) is 12.2. The number of amides is 5.